The molecule has 1 nitrogen and oxygen atoms in total. The number of hydrogen-bond acceptors (Lipinski definition) is 1. The Hall–Kier alpha value is -0.560. The Morgan fingerprint density at radius 1 is 1.14 bits per heavy atom. The highest BCUT2D eigenvalue weighted by Gasteiger charge is 1.90. The van der Waals surface area contributed by atoms with E-state index < -0.39 is 0 Å². The average Bonchev–Trinajstić information content (AvgIpc) is 2.02. The van der Waals surface area contributed by atoms with E-state index in [0.717, 1.165) is 6.54 Å². The lowest BCUT2D eigenvalue weighted by atomic mass is 10.1. The van der Waals surface area contributed by atoms with Gasteiger partial charge >= 0.3 is 0 Å². The topological polar surface area (TPSA) is 12.0 Å². The van der Waals surface area contributed by atoms with E-state index in [1.807, 2.05) is 0 Å². The maximum atomic E-state index is 3.38. The molecule has 1 heteroatoms. The Balaban J connectivity index is 3.62. The average molecular weight is 195 g/mol. The van der Waals surface area contributed by atoms with E-state index in [1.165, 1.54) is 24.0 Å². The van der Waals surface area contributed by atoms with Crippen LogP contribution in [0.1, 0.15) is 47.5 Å². The number of allylic oxidation sites excluding steroid dienone is 3. The highest BCUT2D eigenvalue weighted by molar-refractivity contribution is 5.02. The van der Waals surface area contributed by atoms with Gasteiger partial charge in [-0.1, -0.05) is 37.1 Å². The van der Waals surface area contributed by atoms with Crippen LogP contribution in [0.15, 0.2) is 23.3 Å². The van der Waals surface area contributed by atoms with Crippen molar-refractivity contribution in [1.29, 1.82) is 0 Å². The van der Waals surface area contributed by atoms with Crippen LogP contribution in [0.4, 0.5) is 0 Å². The predicted molar refractivity (Wildman–Crippen MR) is 65.6 cm³/mol. The number of hydrogen-bond donors (Lipinski definition) is 1. The fraction of sp³-hybridized carbons (Fsp3) is 0.692. The van der Waals surface area contributed by atoms with Crippen molar-refractivity contribution < 1.29 is 0 Å². The molecule has 0 rings (SSSR count). The van der Waals surface area contributed by atoms with Gasteiger partial charge in [-0.2, -0.15) is 0 Å². The second-order valence-corrected chi connectivity index (χ2v) is 4.43. The third-order valence-corrected chi connectivity index (χ3v) is 2.07. The summed E-state index contributed by atoms with van der Waals surface area (Å²) in [5, 5.41) is 3.38. The van der Waals surface area contributed by atoms with E-state index in [1.54, 1.807) is 0 Å². The van der Waals surface area contributed by atoms with E-state index in [-0.39, 0.29) is 0 Å². The third kappa shape index (κ3) is 9.53. The summed E-state index contributed by atoms with van der Waals surface area (Å²) in [6.45, 7) is 11.9. The fourth-order valence-electron chi connectivity index (χ4n) is 1.16. The van der Waals surface area contributed by atoms with E-state index >= 15 is 0 Å². The van der Waals surface area contributed by atoms with Gasteiger partial charge in [0.1, 0.15) is 0 Å². The first-order valence-electron chi connectivity index (χ1n) is 5.54. The van der Waals surface area contributed by atoms with E-state index in [4.69, 9.17) is 0 Å². The zero-order chi connectivity index (χ0) is 11.0. The molecule has 0 aliphatic heterocycles. The Labute approximate surface area is 89.3 Å². The van der Waals surface area contributed by atoms with Gasteiger partial charge in [0.05, 0.1) is 0 Å². The smallest absolute Gasteiger partial charge is 0.0139 e. The van der Waals surface area contributed by atoms with E-state index in [2.05, 4.69) is 52.1 Å². The lowest BCUT2D eigenvalue weighted by molar-refractivity contribution is 0.630. The number of rotatable bonds is 6. The Kier molecular flexibility index (Phi) is 7.50. The van der Waals surface area contributed by atoms with E-state index in [9.17, 15) is 0 Å². The largest absolute Gasteiger partial charge is 0.311 e. The van der Waals surface area contributed by atoms with Crippen LogP contribution >= 0.6 is 0 Å². The lowest BCUT2D eigenvalue weighted by Gasteiger charge is -2.05. The van der Waals surface area contributed by atoms with Crippen LogP contribution in [-0.2, 0) is 0 Å². The van der Waals surface area contributed by atoms with Gasteiger partial charge in [0.25, 0.3) is 0 Å². The minimum Gasteiger partial charge on any atom is -0.311 e. The zero-order valence-corrected chi connectivity index (χ0v) is 10.4. The Morgan fingerprint density at radius 3 is 2.29 bits per heavy atom. The molecule has 0 aromatic rings. The molecule has 0 aliphatic rings. The van der Waals surface area contributed by atoms with E-state index in [0.29, 0.717) is 6.04 Å². The molecule has 0 saturated heterocycles. The predicted octanol–water partition coefficient (Wildman–Crippen LogP) is 3.68. The first-order valence-corrected chi connectivity index (χ1v) is 5.54. The van der Waals surface area contributed by atoms with Crippen molar-refractivity contribution in [2.45, 2.75) is 53.5 Å². The molecule has 0 aromatic carbocycles. The molecule has 0 unspecified atom stereocenters. The SMILES string of the molecule is CC(C)=CCC/C(C)=C/CNC(C)C. The molecule has 0 bridgehead atoms. The summed E-state index contributed by atoms with van der Waals surface area (Å²) >= 11 is 0. The lowest BCUT2D eigenvalue weighted by Crippen LogP contribution is -2.22. The molecule has 0 fully saturated rings. The molecular weight excluding hydrogens is 170 g/mol. The van der Waals surface area contributed by atoms with Crippen LogP contribution in [0.5, 0.6) is 0 Å². The molecule has 0 atom stereocenters. The first-order chi connectivity index (χ1) is 6.52. The highest BCUT2D eigenvalue weighted by atomic mass is 14.9. The second-order valence-electron chi connectivity index (χ2n) is 4.43. The van der Waals surface area contributed by atoms with Crippen LogP contribution in [0, 0.1) is 0 Å². The van der Waals surface area contributed by atoms with Crippen LogP contribution < -0.4 is 5.32 Å². The first kappa shape index (κ1) is 13.4. The molecule has 0 radical (unpaired) electrons. The monoisotopic (exact) mass is 195 g/mol. The van der Waals surface area contributed by atoms with Gasteiger partial charge in [-0.25, -0.2) is 0 Å². The highest BCUT2D eigenvalue weighted by Crippen LogP contribution is 2.05. The number of nitrogens with one attached hydrogen (secondary N) is 1. The molecule has 0 heterocycles. The molecule has 14 heavy (non-hydrogen) atoms. The fourth-order valence-corrected chi connectivity index (χ4v) is 1.16. The maximum absolute atomic E-state index is 3.38. The van der Waals surface area contributed by atoms with Crippen molar-refractivity contribution in [3.63, 3.8) is 0 Å². The van der Waals surface area contributed by atoms with Crippen molar-refractivity contribution in [2.75, 3.05) is 6.54 Å². The maximum Gasteiger partial charge on any atom is 0.0139 e. The summed E-state index contributed by atoms with van der Waals surface area (Å²) < 4.78 is 0. The van der Waals surface area contributed by atoms with Crippen molar-refractivity contribution in [1.82, 2.24) is 5.32 Å². The van der Waals surface area contributed by atoms with Gasteiger partial charge in [-0.05, 0) is 33.6 Å². The molecule has 0 spiro atoms. The molecule has 1 N–H and O–H groups in total. The van der Waals surface area contributed by atoms with Crippen LogP contribution in [0.25, 0.3) is 0 Å². The zero-order valence-electron chi connectivity index (χ0n) is 10.4. The van der Waals surface area contributed by atoms with Crippen molar-refractivity contribution in [2.24, 2.45) is 0 Å². The molecule has 0 saturated carbocycles. The van der Waals surface area contributed by atoms with Gasteiger partial charge in [-0.15, -0.1) is 0 Å². The quantitative estimate of drug-likeness (QED) is 0.638. The van der Waals surface area contributed by atoms with Crippen molar-refractivity contribution in [3.05, 3.63) is 23.3 Å². The minimum absolute atomic E-state index is 0.580. The summed E-state index contributed by atoms with van der Waals surface area (Å²) in [5.41, 5.74) is 2.90. The van der Waals surface area contributed by atoms with Crippen LogP contribution in [0.3, 0.4) is 0 Å². The van der Waals surface area contributed by atoms with Gasteiger partial charge < -0.3 is 5.32 Å². The normalized spacial score (nSPS) is 12.0. The van der Waals surface area contributed by atoms with Crippen molar-refractivity contribution >= 4 is 0 Å². The Bertz CT molecular complexity index is 195. The third-order valence-electron chi connectivity index (χ3n) is 2.07. The van der Waals surface area contributed by atoms with Gasteiger partial charge in [0.15, 0.2) is 0 Å². The molecule has 0 amide bonds. The van der Waals surface area contributed by atoms with Gasteiger partial charge in [0.2, 0.25) is 0 Å². The summed E-state index contributed by atoms with van der Waals surface area (Å²) in [7, 11) is 0. The van der Waals surface area contributed by atoms with Gasteiger partial charge in [-0.3, -0.25) is 0 Å². The molecule has 0 aromatic heterocycles. The minimum atomic E-state index is 0.580. The standard InChI is InChI=1S/C13H25N/c1-11(2)7-6-8-13(5)9-10-14-12(3)4/h7,9,12,14H,6,8,10H2,1-5H3/b13-9+. The second kappa shape index (κ2) is 7.81. The summed E-state index contributed by atoms with van der Waals surface area (Å²) in [5.74, 6) is 0. The van der Waals surface area contributed by atoms with Crippen LogP contribution in [-0.4, -0.2) is 12.6 Å². The van der Waals surface area contributed by atoms with Crippen LogP contribution in [0.2, 0.25) is 0 Å². The summed E-state index contributed by atoms with van der Waals surface area (Å²) in [6.07, 6.45) is 6.95. The van der Waals surface area contributed by atoms with Crippen molar-refractivity contribution in [3.8, 4) is 0 Å². The van der Waals surface area contributed by atoms with Gasteiger partial charge in [0, 0.05) is 12.6 Å². The summed E-state index contributed by atoms with van der Waals surface area (Å²) in [6, 6.07) is 0.580. The summed E-state index contributed by atoms with van der Waals surface area (Å²) in [4.78, 5) is 0. The molecular formula is C13H25N. The molecule has 0 aliphatic carbocycles. The Morgan fingerprint density at radius 2 is 1.79 bits per heavy atom. The molecule has 82 valence electrons.